The number of carbonyl (C=O) groups is 2. The SMILES string of the molecule is O=C(O)CC1(NC(=O)c2cc3c([nH]c2=O)CCCC3)CCOCC1. The zero-order valence-electron chi connectivity index (χ0n) is 13.5. The zero-order valence-corrected chi connectivity index (χ0v) is 13.5. The molecule has 2 heterocycles. The van der Waals surface area contributed by atoms with Gasteiger partial charge in [-0.1, -0.05) is 0 Å². The van der Waals surface area contributed by atoms with Crippen LogP contribution < -0.4 is 10.9 Å². The average molecular weight is 334 g/mol. The summed E-state index contributed by atoms with van der Waals surface area (Å²) in [6.07, 6.45) is 4.43. The lowest BCUT2D eigenvalue weighted by molar-refractivity contribution is -0.139. The van der Waals surface area contributed by atoms with Gasteiger partial charge in [0.05, 0.1) is 12.0 Å². The van der Waals surface area contributed by atoms with Gasteiger partial charge in [-0.3, -0.25) is 14.4 Å². The summed E-state index contributed by atoms with van der Waals surface area (Å²) in [4.78, 5) is 38.9. The molecule has 1 amide bonds. The first kappa shape index (κ1) is 16.7. The summed E-state index contributed by atoms with van der Waals surface area (Å²) >= 11 is 0. The molecule has 7 nitrogen and oxygen atoms in total. The molecular formula is C17H22N2O5. The number of carboxylic acid groups (broad SMARTS) is 1. The molecule has 3 N–H and O–H groups in total. The third kappa shape index (κ3) is 3.51. The molecule has 24 heavy (non-hydrogen) atoms. The molecule has 0 atom stereocenters. The Morgan fingerprint density at radius 1 is 1.25 bits per heavy atom. The molecule has 0 bridgehead atoms. The van der Waals surface area contributed by atoms with Gasteiger partial charge in [0.2, 0.25) is 0 Å². The Balaban J connectivity index is 1.85. The van der Waals surface area contributed by atoms with Crippen LogP contribution in [0.3, 0.4) is 0 Å². The van der Waals surface area contributed by atoms with Gasteiger partial charge in [0.25, 0.3) is 11.5 Å². The predicted molar refractivity (Wildman–Crippen MR) is 86.2 cm³/mol. The summed E-state index contributed by atoms with van der Waals surface area (Å²) in [7, 11) is 0. The van der Waals surface area contributed by atoms with Crippen molar-refractivity contribution in [2.45, 2.75) is 50.5 Å². The molecule has 1 saturated heterocycles. The van der Waals surface area contributed by atoms with Crippen LogP contribution in [0.25, 0.3) is 0 Å². The number of aromatic amines is 1. The Labute approximate surface area is 139 Å². The number of hydrogen-bond donors (Lipinski definition) is 3. The van der Waals surface area contributed by atoms with E-state index >= 15 is 0 Å². The molecule has 0 radical (unpaired) electrons. The quantitative estimate of drug-likeness (QED) is 0.761. The van der Waals surface area contributed by atoms with Crippen molar-refractivity contribution in [2.75, 3.05) is 13.2 Å². The molecule has 1 aromatic heterocycles. The average Bonchev–Trinajstić information content (AvgIpc) is 2.54. The van der Waals surface area contributed by atoms with Crippen LogP contribution in [0.1, 0.15) is 53.7 Å². The zero-order chi connectivity index (χ0) is 17.2. The molecular weight excluding hydrogens is 312 g/mol. The van der Waals surface area contributed by atoms with E-state index in [1.807, 2.05) is 0 Å². The fraction of sp³-hybridized carbons (Fsp3) is 0.588. The number of carboxylic acids is 1. The Hall–Kier alpha value is -2.15. The van der Waals surface area contributed by atoms with Gasteiger partial charge in [-0.2, -0.15) is 0 Å². The summed E-state index contributed by atoms with van der Waals surface area (Å²) in [6.45, 7) is 0.794. The summed E-state index contributed by atoms with van der Waals surface area (Å²) in [6, 6.07) is 1.66. The second-order valence-corrected chi connectivity index (χ2v) is 6.64. The maximum absolute atomic E-state index is 12.6. The predicted octanol–water partition coefficient (Wildman–Crippen LogP) is 1.01. The van der Waals surface area contributed by atoms with Crippen molar-refractivity contribution in [1.29, 1.82) is 0 Å². The van der Waals surface area contributed by atoms with Gasteiger partial charge in [-0.15, -0.1) is 0 Å². The molecule has 1 aliphatic heterocycles. The van der Waals surface area contributed by atoms with Crippen LogP contribution in [0.2, 0.25) is 0 Å². The number of nitrogens with one attached hydrogen (secondary N) is 2. The number of hydrogen-bond acceptors (Lipinski definition) is 4. The van der Waals surface area contributed by atoms with Crippen LogP contribution >= 0.6 is 0 Å². The lowest BCUT2D eigenvalue weighted by Gasteiger charge is -2.36. The first-order chi connectivity index (χ1) is 11.5. The lowest BCUT2D eigenvalue weighted by Crippen LogP contribution is -2.54. The number of aliphatic carboxylic acids is 1. The van der Waals surface area contributed by atoms with E-state index in [4.69, 9.17) is 9.84 Å². The molecule has 3 rings (SSSR count). The topological polar surface area (TPSA) is 108 Å². The van der Waals surface area contributed by atoms with Crippen LogP contribution in [0.4, 0.5) is 0 Å². The number of H-pyrrole nitrogens is 1. The highest BCUT2D eigenvalue weighted by atomic mass is 16.5. The number of aromatic nitrogens is 1. The molecule has 130 valence electrons. The number of ether oxygens (including phenoxy) is 1. The Kier molecular flexibility index (Phi) is 4.71. The molecule has 1 aromatic rings. The third-order valence-electron chi connectivity index (χ3n) is 4.90. The molecule has 0 unspecified atom stereocenters. The minimum absolute atomic E-state index is 0.0619. The van der Waals surface area contributed by atoms with Crippen molar-refractivity contribution in [3.63, 3.8) is 0 Å². The lowest BCUT2D eigenvalue weighted by atomic mass is 9.86. The summed E-state index contributed by atoms with van der Waals surface area (Å²) < 4.78 is 5.28. The van der Waals surface area contributed by atoms with E-state index in [9.17, 15) is 14.4 Å². The highest BCUT2D eigenvalue weighted by Gasteiger charge is 2.37. The van der Waals surface area contributed by atoms with Crippen molar-refractivity contribution in [3.8, 4) is 0 Å². The Morgan fingerprint density at radius 3 is 2.67 bits per heavy atom. The molecule has 1 aliphatic carbocycles. The number of aryl methyl sites for hydroxylation is 2. The van der Waals surface area contributed by atoms with Crippen LogP contribution in [-0.4, -0.2) is 40.7 Å². The van der Waals surface area contributed by atoms with E-state index in [0.29, 0.717) is 26.1 Å². The van der Waals surface area contributed by atoms with E-state index in [1.54, 1.807) is 6.07 Å². The highest BCUT2D eigenvalue weighted by Crippen LogP contribution is 2.25. The first-order valence-electron chi connectivity index (χ1n) is 8.36. The van der Waals surface area contributed by atoms with Gasteiger partial charge >= 0.3 is 5.97 Å². The van der Waals surface area contributed by atoms with Crippen LogP contribution in [-0.2, 0) is 22.4 Å². The molecule has 7 heteroatoms. The van der Waals surface area contributed by atoms with Crippen molar-refractivity contribution < 1.29 is 19.4 Å². The van der Waals surface area contributed by atoms with Gasteiger partial charge in [-0.25, -0.2) is 0 Å². The van der Waals surface area contributed by atoms with E-state index in [2.05, 4.69) is 10.3 Å². The molecule has 2 aliphatic rings. The van der Waals surface area contributed by atoms with Gasteiger partial charge in [0.15, 0.2) is 0 Å². The van der Waals surface area contributed by atoms with Crippen molar-refractivity contribution in [3.05, 3.63) is 33.2 Å². The van der Waals surface area contributed by atoms with Crippen molar-refractivity contribution in [2.24, 2.45) is 0 Å². The molecule has 0 saturated carbocycles. The van der Waals surface area contributed by atoms with Crippen LogP contribution in [0.5, 0.6) is 0 Å². The summed E-state index contributed by atoms with van der Waals surface area (Å²) in [5.74, 6) is -1.48. The monoisotopic (exact) mass is 334 g/mol. The standard InChI is InChI=1S/C17H22N2O5/c20-14(21)10-17(5-7-24-8-6-17)19-16(23)12-9-11-3-1-2-4-13(11)18-15(12)22/h9H,1-8,10H2,(H,18,22)(H,19,23)(H,20,21). The van der Waals surface area contributed by atoms with Crippen LogP contribution in [0, 0.1) is 0 Å². The van der Waals surface area contributed by atoms with E-state index < -0.39 is 23.0 Å². The Bertz CT molecular complexity index is 703. The molecule has 0 aromatic carbocycles. The third-order valence-corrected chi connectivity index (χ3v) is 4.90. The van der Waals surface area contributed by atoms with Gasteiger partial charge in [0, 0.05) is 18.9 Å². The second kappa shape index (κ2) is 6.76. The molecule has 1 fully saturated rings. The highest BCUT2D eigenvalue weighted by molar-refractivity contribution is 5.95. The van der Waals surface area contributed by atoms with Crippen molar-refractivity contribution >= 4 is 11.9 Å². The summed E-state index contributed by atoms with van der Waals surface area (Å²) in [5.41, 5.74) is 0.709. The minimum atomic E-state index is -0.975. The summed E-state index contributed by atoms with van der Waals surface area (Å²) in [5, 5.41) is 12.0. The number of fused-ring (bicyclic) bond motifs is 1. The smallest absolute Gasteiger partial charge is 0.305 e. The van der Waals surface area contributed by atoms with E-state index in [-0.39, 0.29) is 12.0 Å². The number of rotatable bonds is 4. The fourth-order valence-electron chi connectivity index (χ4n) is 3.55. The maximum Gasteiger partial charge on any atom is 0.305 e. The number of carbonyl (C=O) groups excluding carboxylic acids is 1. The van der Waals surface area contributed by atoms with Gasteiger partial charge in [-0.05, 0) is 50.2 Å². The van der Waals surface area contributed by atoms with Gasteiger partial charge < -0.3 is 20.1 Å². The van der Waals surface area contributed by atoms with Gasteiger partial charge in [0.1, 0.15) is 5.56 Å². The maximum atomic E-state index is 12.6. The second-order valence-electron chi connectivity index (χ2n) is 6.64. The number of pyridine rings is 1. The molecule has 0 spiro atoms. The Morgan fingerprint density at radius 2 is 1.96 bits per heavy atom. The van der Waals surface area contributed by atoms with E-state index in [1.165, 1.54) is 0 Å². The largest absolute Gasteiger partial charge is 0.481 e. The van der Waals surface area contributed by atoms with Crippen molar-refractivity contribution in [1.82, 2.24) is 10.3 Å². The number of amides is 1. The minimum Gasteiger partial charge on any atom is -0.481 e. The fourth-order valence-corrected chi connectivity index (χ4v) is 3.55. The van der Waals surface area contributed by atoms with E-state index in [0.717, 1.165) is 36.9 Å². The normalized spacial score (nSPS) is 19.3. The van der Waals surface area contributed by atoms with Crippen LogP contribution in [0.15, 0.2) is 10.9 Å². The first-order valence-corrected chi connectivity index (χ1v) is 8.36.